The van der Waals surface area contributed by atoms with Crippen molar-refractivity contribution in [2.45, 2.75) is 58.8 Å². The maximum atomic E-state index is 13.6. The number of nitriles is 1. The van der Waals surface area contributed by atoms with Crippen LogP contribution >= 0.6 is 0 Å². The van der Waals surface area contributed by atoms with E-state index in [1.54, 1.807) is 6.07 Å². The molecule has 0 fully saturated rings. The van der Waals surface area contributed by atoms with Crippen LogP contribution in [0, 0.1) is 11.3 Å². The Hall–Kier alpha value is -2.86. The maximum absolute atomic E-state index is 13.6. The molecule has 2 aromatic carbocycles. The SMILES string of the molecule is CCc1cc2c(cc1C(C)(C)C)C(C)(C)c1[nH]c3cc(C#N)ccc3c1C2=O. The molecule has 0 spiro atoms. The molecule has 0 atom stereocenters. The number of nitrogens with one attached hydrogen (secondary N) is 1. The summed E-state index contributed by atoms with van der Waals surface area (Å²) >= 11 is 0. The van der Waals surface area contributed by atoms with Crippen molar-refractivity contribution in [2.75, 3.05) is 0 Å². The van der Waals surface area contributed by atoms with Crippen molar-refractivity contribution in [3.8, 4) is 6.07 Å². The number of hydrogen-bond acceptors (Lipinski definition) is 2. The van der Waals surface area contributed by atoms with Gasteiger partial charge in [-0.3, -0.25) is 4.79 Å². The van der Waals surface area contributed by atoms with Crippen LogP contribution in [0.5, 0.6) is 0 Å². The van der Waals surface area contributed by atoms with Gasteiger partial charge in [0.1, 0.15) is 0 Å². The topological polar surface area (TPSA) is 56.6 Å². The molecule has 1 aliphatic rings. The molecule has 142 valence electrons. The minimum absolute atomic E-state index is 0.0158. The molecule has 3 heteroatoms. The summed E-state index contributed by atoms with van der Waals surface area (Å²) in [6, 6.07) is 12.1. The Morgan fingerprint density at radius 2 is 1.86 bits per heavy atom. The lowest BCUT2D eigenvalue weighted by molar-refractivity contribution is 0.103. The summed E-state index contributed by atoms with van der Waals surface area (Å²) in [4.78, 5) is 17.0. The number of aromatic nitrogens is 1. The second-order valence-corrected chi connectivity index (χ2v) is 9.36. The number of carbonyl (C=O) groups is 1. The Morgan fingerprint density at radius 1 is 1.14 bits per heavy atom. The number of benzene rings is 2. The molecule has 0 unspecified atom stereocenters. The first-order valence-corrected chi connectivity index (χ1v) is 9.88. The Morgan fingerprint density at radius 3 is 2.46 bits per heavy atom. The van der Waals surface area contributed by atoms with E-state index in [0.29, 0.717) is 5.56 Å². The summed E-state index contributed by atoms with van der Waals surface area (Å²) in [5, 5.41) is 10.1. The number of hydrogen-bond donors (Lipinski definition) is 1. The fourth-order valence-electron chi connectivity index (χ4n) is 4.58. The molecule has 28 heavy (non-hydrogen) atoms. The Bertz CT molecular complexity index is 1180. The number of carbonyl (C=O) groups excluding carboxylic acids is 1. The number of nitrogens with zero attached hydrogens (tertiary/aromatic N) is 1. The molecule has 0 radical (unpaired) electrons. The largest absolute Gasteiger partial charge is 0.357 e. The molecule has 1 aliphatic carbocycles. The average molecular weight is 370 g/mol. The van der Waals surface area contributed by atoms with Crippen molar-refractivity contribution in [3.05, 3.63) is 69.4 Å². The molecule has 4 rings (SSSR count). The van der Waals surface area contributed by atoms with Gasteiger partial charge in [-0.1, -0.05) is 53.7 Å². The second-order valence-electron chi connectivity index (χ2n) is 9.36. The molecular formula is C25H26N2O. The molecule has 1 heterocycles. The average Bonchev–Trinajstić information content (AvgIpc) is 3.04. The van der Waals surface area contributed by atoms with E-state index in [2.05, 4.69) is 64.7 Å². The van der Waals surface area contributed by atoms with E-state index in [4.69, 9.17) is 0 Å². The molecule has 0 aliphatic heterocycles. The fourth-order valence-corrected chi connectivity index (χ4v) is 4.58. The fraction of sp³-hybridized carbons (Fsp3) is 0.360. The van der Waals surface area contributed by atoms with Crippen LogP contribution in [-0.2, 0) is 17.3 Å². The summed E-state index contributed by atoms with van der Waals surface area (Å²) in [5.74, 6) is 0.0791. The van der Waals surface area contributed by atoms with Gasteiger partial charge in [0.25, 0.3) is 0 Å². The van der Waals surface area contributed by atoms with E-state index in [0.717, 1.165) is 39.7 Å². The number of aryl methyl sites for hydroxylation is 1. The lowest BCUT2D eigenvalue weighted by Crippen LogP contribution is -2.31. The highest BCUT2D eigenvalue weighted by Gasteiger charge is 2.40. The molecule has 1 N–H and O–H groups in total. The van der Waals surface area contributed by atoms with E-state index < -0.39 is 0 Å². The Balaban J connectivity index is 2.05. The lowest BCUT2D eigenvalue weighted by atomic mass is 9.68. The van der Waals surface area contributed by atoms with Crippen LogP contribution in [0.25, 0.3) is 10.9 Å². The van der Waals surface area contributed by atoms with Crippen LogP contribution in [-0.4, -0.2) is 10.8 Å². The molecule has 0 saturated carbocycles. The second kappa shape index (κ2) is 5.82. The lowest BCUT2D eigenvalue weighted by Gasteiger charge is -2.35. The number of ketones is 1. The van der Waals surface area contributed by atoms with Gasteiger partial charge in [-0.2, -0.15) is 5.26 Å². The maximum Gasteiger partial charge on any atom is 0.195 e. The van der Waals surface area contributed by atoms with Crippen LogP contribution in [0.2, 0.25) is 0 Å². The van der Waals surface area contributed by atoms with E-state index >= 15 is 0 Å². The van der Waals surface area contributed by atoms with Crippen molar-refractivity contribution in [1.82, 2.24) is 4.98 Å². The van der Waals surface area contributed by atoms with Gasteiger partial charge in [0.2, 0.25) is 0 Å². The standard InChI is InChI=1S/C25H26N2O/c1-7-15-11-17-19(12-18(15)24(2,3)4)25(5,6)23-21(22(17)28)16-9-8-14(13-26)10-20(16)27-23/h8-12,27H,7H2,1-6H3. The predicted molar refractivity (Wildman–Crippen MR) is 113 cm³/mol. The van der Waals surface area contributed by atoms with Crippen molar-refractivity contribution < 1.29 is 4.79 Å². The molecular weight excluding hydrogens is 344 g/mol. The summed E-state index contributed by atoms with van der Waals surface area (Å²) in [6.07, 6.45) is 0.903. The number of aromatic amines is 1. The van der Waals surface area contributed by atoms with E-state index in [1.165, 1.54) is 11.1 Å². The third kappa shape index (κ3) is 2.44. The summed E-state index contributed by atoms with van der Waals surface area (Å²) in [5.41, 5.74) is 7.28. The highest BCUT2D eigenvalue weighted by Crippen LogP contribution is 2.45. The van der Waals surface area contributed by atoms with Gasteiger partial charge in [-0.15, -0.1) is 0 Å². The molecule has 3 nitrogen and oxygen atoms in total. The van der Waals surface area contributed by atoms with Crippen LogP contribution in [0.3, 0.4) is 0 Å². The van der Waals surface area contributed by atoms with Crippen molar-refractivity contribution in [2.24, 2.45) is 0 Å². The van der Waals surface area contributed by atoms with Gasteiger partial charge in [0, 0.05) is 27.6 Å². The van der Waals surface area contributed by atoms with Gasteiger partial charge < -0.3 is 4.98 Å². The molecule has 1 aromatic heterocycles. The Labute approximate surface area is 166 Å². The van der Waals surface area contributed by atoms with E-state index in [9.17, 15) is 10.1 Å². The smallest absolute Gasteiger partial charge is 0.195 e. The van der Waals surface area contributed by atoms with Crippen molar-refractivity contribution in [1.29, 1.82) is 5.26 Å². The van der Waals surface area contributed by atoms with Crippen LogP contribution in [0.15, 0.2) is 30.3 Å². The summed E-state index contributed by atoms with van der Waals surface area (Å²) in [7, 11) is 0. The number of rotatable bonds is 1. The van der Waals surface area contributed by atoms with Crippen LogP contribution in [0.4, 0.5) is 0 Å². The van der Waals surface area contributed by atoms with Crippen molar-refractivity contribution in [3.63, 3.8) is 0 Å². The van der Waals surface area contributed by atoms with Gasteiger partial charge in [-0.05, 0) is 46.7 Å². The first kappa shape index (κ1) is 18.5. The van der Waals surface area contributed by atoms with Gasteiger partial charge in [-0.25, -0.2) is 0 Å². The van der Waals surface area contributed by atoms with Gasteiger partial charge in [0.05, 0.1) is 17.2 Å². The number of fused-ring (bicyclic) bond motifs is 4. The van der Waals surface area contributed by atoms with E-state index in [1.807, 2.05) is 12.1 Å². The zero-order valence-corrected chi connectivity index (χ0v) is 17.4. The molecule has 0 saturated heterocycles. The van der Waals surface area contributed by atoms with E-state index in [-0.39, 0.29) is 16.6 Å². The number of H-pyrrole nitrogens is 1. The minimum Gasteiger partial charge on any atom is -0.357 e. The first-order valence-electron chi connectivity index (χ1n) is 9.88. The highest BCUT2D eigenvalue weighted by molar-refractivity contribution is 6.20. The quantitative estimate of drug-likeness (QED) is 0.591. The molecule has 0 bridgehead atoms. The van der Waals surface area contributed by atoms with Gasteiger partial charge in [0.15, 0.2) is 5.78 Å². The van der Waals surface area contributed by atoms with Gasteiger partial charge >= 0.3 is 0 Å². The monoisotopic (exact) mass is 370 g/mol. The van der Waals surface area contributed by atoms with Crippen LogP contribution < -0.4 is 0 Å². The summed E-state index contributed by atoms with van der Waals surface area (Å²) < 4.78 is 0. The van der Waals surface area contributed by atoms with Crippen LogP contribution in [0.1, 0.15) is 85.4 Å². The Kier molecular flexibility index (Phi) is 3.84. The zero-order valence-electron chi connectivity index (χ0n) is 17.4. The highest BCUT2D eigenvalue weighted by atomic mass is 16.1. The normalized spacial score (nSPS) is 15.2. The molecule has 3 aromatic rings. The zero-order chi connectivity index (χ0) is 20.4. The first-order chi connectivity index (χ1) is 13.1. The molecule has 0 amide bonds. The third-order valence-electron chi connectivity index (χ3n) is 6.13. The minimum atomic E-state index is -0.323. The van der Waals surface area contributed by atoms with Crippen molar-refractivity contribution >= 4 is 16.7 Å². The predicted octanol–water partition coefficient (Wildman–Crippen LogP) is 5.77. The third-order valence-corrected chi connectivity index (χ3v) is 6.13. The summed E-state index contributed by atoms with van der Waals surface area (Å²) in [6.45, 7) is 13.2.